The maximum Gasteiger partial charge on any atom is 0.239 e. The Morgan fingerprint density at radius 3 is 3.00 bits per heavy atom. The van der Waals surface area contributed by atoms with E-state index in [1.54, 1.807) is 10.9 Å². The van der Waals surface area contributed by atoms with Crippen LogP contribution in [0.15, 0.2) is 12.4 Å². The van der Waals surface area contributed by atoms with E-state index in [-0.39, 0.29) is 5.91 Å². The molecule has 1 aliphatic carbocycles. The van der Waals surface area contributed by atoms with Gasteiger partial charge in [0.15, 0.2) is 0 Å². The van der Waals surface area contributed by atoms with Crippen LogP contribution in [-0.4, -0.2) is 22.2 Å². The highest BCUT2D eigenvalue weighted by molar-refractivity contribution is 5.81. The Kier molecular flexibility index (Phi) is 2.73. The molecule has 15 heavy (non-hydrogen) atoms. The van der Waals surface area contributed by atoms with Gasteiger partial charge in [0.05, 0.1) is 6.20 Å². The van der Waals surface area contributed by atoms with Crippen molar-refractivity contribution in [2.24, 2.45) is 18.7 Å². The van der Waals surface area contributed by atoms with Gasteiger partial charge in [-0.2, -0.15) is 5.10 Å². The minimum absolute atomic E-state index is 0.344. The molecule has 82 valence electrons. The molecule has 0 spiro atoms. The Balaban J connectivity index is 2.01. The number of aryl methyl sites for hydroxylation is 1. The largest absolute Gasteiger partial charge is 0.368 e. The molecule has 1 aromatic heterocycles. The van der Waals surface area contributed by atoms with Crippen LogP contribution < -0.4 is 11.1 Å². The highest BCUT2D eigenvalue weighted by Gasteiger charge is 2.25. The molecule has 0 radical (unpaired) electrons. The quantitative estimate of drug-likeness (QED) is 0.712. The highest BCUT2D eigenvalue weighted by Crippen LogP contribution is 2.28. The first-order chi connectivity index (χ1) is 7.16. The van der Waals surface area contributed by atoms with Crippen LogP contribution in [-0.2, 0) is 11.8 Å². The summed E-state index contributed by atoms with van der Waals surface area (Å²) < 4.78 is 1.67. The van der Waals surface area contributed by atoms with Crippen LogP contribution in [0, 0.1) is 5.92 Å². The van der Waals surface area contributed by atoms with Gasteiger partial charge in [-0.15, -0.1) is 0 Å². The van der Waals surface area contributed by atoms with Crippen molar-refractivity contribution in [3.05, 3.63) is 18.0 Å². The van der Waals surface area contributed by atoms with E-state index in [1.165, 1.54) is 12.8 Å². The van der Waals surface area contributed by atoms with Gasteiger partial charge in [-0.1, -0.05) is 0 Å². The first-order valence-corrected chi connectivity index (χ1v) is 5.18. The molecule has 1 saturated carbocycles. The lowest BCUT2D eigenvalue weighted by Gasteiger charge is -2.12. The van der Waals surface area contributed by atoms with Gasteiger partial charge in [0.1, 0.15) is 6.04 Å². The van der Waals surface area contributed by atoms with Crippen LogP contribution in [0.25, 0.3) is 0 Å². The minimum atomic E-state index is -0.403. The summed E-state index contributed by atoms with van der Waals surface area (Å²) in [5.74, 6) is 0.382. The van der Waals surface area contributed by atoms with E-state index < -0.39 is 6.04 Å². The summed E-state index contributed by atoms with van der Waals surface area (Å²) in [5, 5.41) is 7.21. The molecule has 1 unspecified atom stereocenters. The van der Waals surface area contributed by atoms with Gasteiger partial charge in [-0.25, -0.2) is 0 Å². The fourth-order valence-corrected chi connectivity index (χ4v) is 1.58. The molecule has 0 aromatic carbocycles. The maximum atomic E-state index is 11.3. The van der Waals surface area contributed by atoms with Crippen LogP contribution in [0.2, 0.25) is 0 Å². The smallest absolute Gasteiger partial charge is 0.239 e. The van der Waals surface area contributed by atoms with Gasteiger partial charge in [-0.3, -0.25) is 9.48 Å². The molecular weight excluding hydrogens is 192 g/mol. The third-order valence-corrected chi connectivity index (χ3v) is 2.65. The predicted molar refractivity (Wildman–Crippen MR) is 55.9 cm³/mol. The van der Waals surface area contributed by atoms with Crippen molar-refractivity contribution in [1.29, 1.82) is 0 Å². The molecule has 0 aliphatic heterocycles. The molecule has 1 aromatic rings. The lowest BCUT2D eigenvalue weighted by molar-refractivity contribution is -0.120. The van der Waals surface area contributed by atoms with E-state index >= 15 is 0 Å². The van der Waals surface area contributed by atoms with Crippen molar-refractivity contribution in [2.45, 2.75) is 18.9 Å². The number of carbonyl (C=O) groups excluding carboxylic acids is 1. The second kappa shape index (κ2) is 4.02. The number of hydrogen-bond donors (Lipinski definition) is 2. The van der Waals surface area contributed by atoms with E-state index in [2.05, 4.69) is 10.4 Å². The Hall–Kier alpha value is -1.36. The van der Waals surface area contributed by atoms with Crippen molar-refractivity contribution in [2.75, 3.05) is 6.54 Å². The molecule has 3 N–H and O–H groups in total. The summed E-state index contributed by atoms with van der Waals surface area (Å²) >= 11 is 0. The normalized spacial score (nSPS) is 17.7. The summed E-state index contributed by atoms with van der Waals surface area (Å²) in [7, 11) is 1.82. The molecule has 1 aliphatic rings. The monoisotopic (exact) mass is 208 g/mol. The zero-order chi connectivity index (χ0) is 10.8. The second-order valence-electron chi connectivity index (χ2n) is 4.13. The summed E-state index contributed by atoms with van der Waals surface area (Å²) in [6, 6.07) is -0.403. The molecule has 1 heterocycles. The first kappa shape index (κ1) is 10.2. The van der Waals surface area contributed by atoms with Gasteiger partial charge in [0.2, 0.25) is 5.91 Å². The van der Waals surface area contributed by atoms with Gasteiger partial charge in [0.25, 0.3) is 0 Å². The van der Waals surface area contributed by atoms with Crippen LogP contribution in [0.4, 0.5) is 0 Å². The SMILES string of the molecule is Cn1cc(C(NCC2CC2)C(N)=O)cn1. The molecule has 2 rings (SSSR count). The highest BCUT2D eigenvalue weighted by atomic mass is 16.1. The van der Waals surface area contributed by atoms with Gasteiger partial charge >= 0.3 is 0 Å². The number of primary amides is 1. The number of carbonyl (C=O) groups is 1. The Labute approximate surface area is 88.6 Å². The number of amides is 1. The number of rotatable bonds is 5. The van der Waals surface area contributed by atoms with Crippen LogP contribution in [0.1, 0.15) is 24.4 Å². The number of aromatic nitrogens is 2. The summed E-state index contributed by atoms with van der Waals surface area (Å²) in [6.45, 7) is 0.864. The average Bonchev–Trinajstić information content (AvgIpc) is 2.89. The van der Waals surface area contributed by atoms with Crippen LogP contribution in [0.3, 0.4) is 0 Å². The van der Waals surface area contributed by atoms with E-state index in [0.717, 1.165) is 18.0 Å². The number of hydrogen-bond acceptors (Lipinski definition) is 3. The average molecular weight is 208 g/mol. The minimum Gasteiger partial charge on any atom is -0.368 e. The van der Waals surface area contributed by atoms with Crippen molar-refractivity contribution < 1.29 is 4.79 Å². The molecule has 1 atom stereocenters. The number of nitrogens with one attached hydrogen (secondary N) is 1. The van der Waals surface area contributed by atoms with E-state index in [0.29, 0.717) is 0 Å². The van der Waals surface area contributed by atoms with Crippen LogP contribution in [0.5, 0.6) is 0 Å². The molecular formula is C10H16N4O. The van der Waals surface area contributed by atoms with Crippen molar-refractivity contribution in [3.8, 4) is 0 Å². The molecule has 5 heteroatoms. The van der Waals surface area contributed by atoms with E-state index in [1.807, 2.05) is 13.2 Å². The molecule has 1 fully saturated rings. The Morgan fingerprint density at radius 2 is 2.53 bits per heavy atom. The zero-order valence-electron chi connectivity index (χ0n) is 8.81. The standard InChI is InChI=1S/C10H16N4O/c1-14-6-8(5-13-14)9(10(11)15)12-4-7-2-3-7/h5-7,9,12H,2-4H2,1H3,(H2,11,15). The third-order valence-electron chi connectivity index (χ3n) is 2.65. The predicted octanol–water partition coefficient (Wildman–Crippen LogP) is -0.0539. The second-order valence-corrected chi connectivity index (χ2v) is 4.13. The van der Waals surface area contributed by atoms with E-state index in [4.69, 9.17) is 5.73 Å². The van der Waals surface area contributed by atoms with Crippen molar-refractivity contribution in [1.82, 2.24) is 15.1 Å². The van der Waals surface area contributed by atoms with Crippen molar-refractivity contribution in [3.63, 3.8) is 0 Å². The van der Waals surface area contributed by atoms with Gasteiger partial charge < -0.3 is 11.1 Å². The summed E-state index contributed by atoms with van der Waals surface area (Å²) in [5.41, 5.74) is 6.18. The van der Waals surface area contributed by atoms with E-state index in [9.17, 15) is 4.79 Å². The van der Waals surface area contributed by atoms with Crippen LogP contribution >= 0.6 is 0 Å². The van der Waals surface area contributed by atoms with Crippen molar-refractivity contribution >= 4 is 5.91 Å². The Bertz CT molecular complexity index is 356. The lowest BCUT2D eigenvalue weighted by Crippen LogP contribution is -2.34. The van der Waals surface area contributed by atoms with Gasteiger partial charge in [-0.05, 0) is 25.3 Å². The number of nitrogens with zero attached hydrogens (tertiary/aromatic N) is 2. The first-order valence-electron chi connectivity index (χ1n) is 5.18. The maximum absolute atomic E-state index is 11.3. The summed E-state index contributed by atoms with van der Waals surface area (Å²) in [6.07, 6.45) is 6.00. The number of nitrogens with two attached hydrogens (primary N) is 1. The molecule has 0 bridgehead atoms. The lowest BCUT2D eigenvalue weighted by atomic mass is 10.1. The van der Waals surface area contributed by atoms with Gasteiger partial charge in [0, 0.05) is 18.8 Å². The topological polar surface area (TPSA) is 72.9 Å². The fourth-order valence-electron chi connectivity index (χ4n) is 1.58. The third kappa shape index (κ3) is 2.56. The summed E-state index contributed by atoms with van der Waals surface area (Å²) in [4.78, 5) is 11.3. The Morgan fingerprint density at radius 1 is 1.80 bits per heavy atom. The zero-order valence-corrected chi connectivity index (χ0v) is 8.81. The molecule has 1 amide bonds. The molecule has 0 saturated heterocycles. The molecule has 5 nitrogen and oxygen atoms in total. The fraction of sp³-hybridized carbons (Fsp3) is 0.600.